The van der Waals surface area contributed by atoms with E-state index in [0.717, 1.165) is 5.56 Å². The first kappa shape index (κ1) is 61.1. The van der Waals surface area contributed by atoms with Crippen LogP contribution in [0.25, 0.3) is 62.7 Å². The lowest BCUT2D eigenvalue weighted by Crippen LogP contribution is -2.62. The molecule has 1 aliphatic carbocycles. The molecule has 3 heterocycles. The van der Waals surface area contributed by atoms with Crippen LogP contribution in [-0.4, -0.2) is 144 Å². The smallest absolute Gasteiger partial charge is 0.187 e. The Labute approximate surface area is 464 Å². The summed E-state index contributed by atoms with van der Waals surface area (Å²) in [5.74, 6) is 0.499. The van der Waals surface area contributed by atoms with Crippen molar-refractivity contribution in [2.45, 2.75) is 145 Å². The Hall–Kier alpha value is -7.48. The molecule has 31 nitrogen and oxygen atoms in total. The van der Waals surface area contributed by atoms with E-state index in [9.17, 15) is 38.3 Å². The monoisotopic (exact) mass is 1120 g/mol. The maximum Gasteiger partial charge on any atom is 0.187 e. The first-order valence-corrected chi connectivity index (χ1v) is 25.9. The SMILES string of the molecule is COc1ccc(COC2C(C)[C@H](CN=[N+]=[N-])OC(O[C@@H]3C(OCc4ccc(OC)cc4)[C@H](O[C@@H]4C(OCc5ccc(OC)cc5)[C@H](N=[N+]=[N-])CC(N=[N+]=[N-])[C@@H]4O[C@@H]4OC(CN=[N+]=[N-])[C@H](C)[C@H](C)C4N=[N+]=[N-])O[C@@H]3CO)[C@@H]2N=[N+]=[N-])cc1. The summed E-state index contributed by atoms with van der Waals surface area (Å²) in [6.07, 6.45) is -15.2. The van der Waals surface area contributed by atoms with E-state index in [4.69, 9.17) is 56.8 Å². The number of methoxy groups -OCH3 is 3. The van der Waals surface area contributed by atoms with Crippen LogP contribution in [0.4, 0.5) is 0 Å². The Morgan fingerprint density at radius 3 is 1.32 bits per heavy atom. The fourth-order valence-electron chi connectivity index (χ4n) is 10.4. The van der Waals surface area contributed by atoms with Gasteiger partial charge < -0.3 is 61.9 Å². The molecule has 81 heavy (non-hydrogen) atoms. The molecule has 1 N–H and O–H groups in total. The largest absolute Gasteiger partial charge is 0.497 e. The third kappa shape index (κ3) is 15.3. The molecule has 0 spiro atoms. The normalized spacial score (nSPS) is 32.4. The van der Waals surface area contributed by atoms with E-state index < -0.39 is 116 Å². The minimum Gasteiger partial charge on any atom is -0.497 e. The summed E-state index contributed by atoms with van der Waals surface area (Å²) >= 11 is 0. The number of benzene rings is 3. The second-order valence-electron chi connectivity index (χ2n) is 19.6. The van der Waals surface area contributed by atoms with Gasteiger partial charge in [-0.25, -0.2) is 0 Å². The van der Waals surface area contributed by atoms with Crippen molar-refractivity contribution in [3.05, 3.63) is 152 Å². The molecule has 1 saturated carbocycles. The van der Waals surface area contributed by atoms with Crippen molar-refractivity contribution in [1.82, 2.24) is 0 Å². The van der Waals surface area contributed by atoms with Crippen molar-refractivity contribution in [2.75, 3.05) is 41.0 Å². The van der Waals surface area contributed by atoms with Crippen LogP contribution in [0.2, 0.25) is 0 Å². The van der Waals surface area contributed by atoms with Gasteiger partial charge in [0.15, 0.2) is 18.9 Å². The highest BCUT2D eigenvalue weighted by molar-refractivity contribution is 5.28. The Morgan fingerprint density at radius 1 is 0.444 bits per heavy atom. The average molecular weight is 1130 g/mol. The Bertz CT molecular complexity index is 2810. The third-order valence-corrected chi connectivity index (χ3v) is 15.0. The molecule has 3 saturated heterocycles. The van der Waals surface area contributed by atoms with Gasteiger partial charge in [-0.15, -0.1) is 0 Å². The molecule has 3 aromatic carbocycles. The first-order valence-electron chi connectivity index (χ1n) is 25.9. The molecule has 0 radical (unpaired) electrons. The number of aliphatic hydroxyl groups excluding tert-OH is 1. The van der Waals surface area contributed by atoms with Crippen LogP contribution < -0.4 is 14.2 Å². The highest BCUT2D eigenvalue weighted by Crippen LogP contribution is 2.42. The van der Waals surface area contributed by atoms with Crippen LogP contribution >= 0.6 is 0 Å². The Balaban J connectivity index is 1.32. The average Bonchev–Trinajstić information content (AvgIpc) is 3.98. The van der Waals surface area contributed by atoms with Crippen LogP contribution in [0.3, 0.4) is 0 Å². The number of aliphatic hydroxyl groups is 1. The predicted molar refractivity (Wildman–Crippen MR) is 284 cm³/mol. The molecule has 4 fully saturated rings. The maximum absolute atomic E-state index is 11.2. The first-order chi connectivity index (χ1) is 39.4. The molecule has 432 valence electrons. The predicted octanol–water partition coefficient (Wildman–Crippen LogP) is 9.74. The summed E-state index contributed by atoms with van der Waals surface area (Å²) in [5, 5.41) is 35.2. The Kier molecular flexibility index (Phi) is 22.9. The molecular weight excluding hydrogens is 1060 g/mol. The minimum atomic E-state index is -1.57. The van der Waals surface area contributed by atoms with Gasteiger partial charge in [-0.1, -0.05) is 87.9 Å². The lowest BCUT2D eigenvalue weighted by molar-refractivity contribution is -0.302. The standard InChI is InChI=1S/C50H64N18O13/c1-26-27(2)40(61-67-55)48(76-37(26)20-57-63-51)79-44-36(60-66-54)19-35(59-65-53)43(74-24-30-9-15-33(71-5)16-10-30)46(44)81-50-47(75-25-31-11-17-34(72-6)18-12-31)45(39(22-69)78-50)80-49-41(62-68-56)42(28(3)38(77-49)21-58-64-52)73-23-29-7-13-32(70-4)14-8-29/h7-18,26-28,35-50,69H,19-25H2,1-6H3/t26-,27+,28?,35-,36?,37?,38+,39-,40?,41-,42?,43?,44+,45+,46-,47?,48+,49?,50+/m1/s1. The molecule has 8 unspecified atom stereocenters. The molecule has 3 aromatic rings. The van der Waals surface area contributed by atoms with Crippen molar-refractivity contribution >= 4 is 0 Å². The van der Waals surface area contributed by atoms with E-state index in [1.54, 1.807) is 74.7 Å². The van der Waals surface area contributed by atoms with Crippen molar-refractivity contribution in [1.29, 1.82) is 0 Å². The van der Waals surface area contributed by atoms with Gasteiger partial charge in [0, 0.05) is 35.4 Å². The van der Waals surface area contributed by atoms with Crippen molar-refractivity contribution in [2.24, 2.45) is 48.4 Å². The van der Waals surface area contributed by atoms with Crippen LogP contribution in [0, 0.1) is 17.8 Å². The Morgan fingerprint density at radius 2 is 0.852 bits per heavy atom. The number of rotatable bonds is 27. The number of hydrogen-bond donors (Lipinski definition) is 1. The summed E-state index contributed by atoms with van der Waals surface area (Å²) in [4.78, 5) is 18.4. The van der Waals surface area contributed by atoms with Gasteiger partial charge in [0.1, 0.15) is 47.7 Å². The minimum absolute atomic E-state index is 0.0502. The number of hydrogen-bond acceptors (Lipinski definition) is 19. The number of azide groups is 6. The van der Waals surface area contributed by atoms with E-state index in [2.05, 4.69) is 60.2 Å². The van der Waals surface area contributed by atoms with Crippen molar-refractivity contribution in [3.8, 4) is 17.2 Å². The maximum atomic E-state index is 11.2. The van der Waals surface area contributed by atoms with Gasteiger partial charge in [-0.05, 0) is 105 Å². The summed E-state index contributed by atoms with van der Waals surface area (Å²) in [5.41, 5.74) is 60.9. The summed E-state index contributed by atoms with van der Waals surface area (Å²) in [7, 11) is 4.60. The van der Waals surface area contributed by atoms with Crippen LogP contribution in [0.5, 0.6) is 17.2 Å². The summed E-state index contributed by atoms with van der Waals surface area (Å²) in [6, 6.07) is 16.6. The fraction of sp³-hybridized carbons (Fsp3) is 0.640. The molecule has 0 amide bonds. The highest BCUT2D eigenvalue weighted by atomic mass is 16.8. The van der Waals surface area contributed by atoms with Crippen LogP contribution in [0.1, 0.15) is 43.9 Å². The van der Waals surface area contributed by atoms with Gasteiger partial charge >= 0.3 is 0 Å². The molecule has 3 aliphatic heterocycles. The molecule has 7 rings (SSSR count). The molecule has 19 atom stereocenters. The molecule has 0 aromatic heterocycles. The van der Waals surface area contributed by atoms with Gasteiger partial charge in [0.05, 0.1) is 109 Å². The molecule has 31 heteroatoms. The summed E-state index contributed by atoms with van der Waals surface area (Å²) in [6.45, 7) is 4.31. The van der Waals surface area contributed by atoms with Gasteiger partial charge in [0.25, 0.3) is 0 Å². The second-order valence-corrected chi connectivity index (χ2v) is 19.6. The van der Waals surface area contributed by atoms with Crippen LogP contribution in [-0.2, 0) is 62.5 Å². The van der Waals surface area contributed by atoms with E-state index in [1.165, 1.54) is 14.2 Å². The van der Waals surface area contributed by atoms with E-state index in [1.807, 2.05) is 26.0 Å². The topological polar surface area (TPSA) is 424 Å². The quantitative estimate of drug-likeness (QED) is 0.0422. The highest BCUT2D eigenvalue weighted by Gasteiger charge is 2.56. The van der Waals surface area contributed by atoms with Crippen molar-refractivity contribution < 1.29 is 61.9 Å². The molecule has 0 bridgehead atoms. The zero-order chi connectivity index (χ0) is 57.8. The zero-order valence-corrected chi connectivity index (χ0v) is 45.2. The summed E-state index contributed by atoms with van der Waals surface area (Å²) < 4.78 is 76.4. The third-order valence-electron chi connectivity index (χ3n) is 15.0. The number of nitrogens with zero attached hydrogens (tertiary/aromatic N) is 18. The number of ether oxygens (including phenoxy) is 12. The van der Waals surface area contributed by atoms with Gasteiger partial charge in [0.2, 0.25) is 0 Å². The van der Waals surface area contributed by atoms with Gasteiger partial charge in [-0.3, -0.25) is 0 Å². The molecular formula is C50H64N18O13. The van der Waals surface area contributed by atoms with Crippen LogP contribution in [0.15, 0.2) is 103 Å². The van der Waals surface area contributed by atoms with E-state index >= 15 is 0 Å². The van der Waals surface area contributed by atoms with Gasteiger partial charge in [-0.2, -0.15) is 0 Å². The van der Waals surface area contributed by atoms with E-state index in [0.29, 0.717) is 28.4 Å². The van der Waals surface area contributed by atoms with Crippen molar-refractivity contribution in [3.63, 3.8) is 0 Å². The lowest BCUT2D eigenvalue weighted by Gasteiger charge is -2.48. The molecule has 4 aliphatic rings. The zero-order valence-electron chi connectivity index (χ0n) is 45.2. The fourth-order valence-corrected chi connectivity index (χ4v) is 10.4. The second kappa shape index (κ2) is 30.4. The van der Waals surface area contributed by atoms with E-state index in [-0.39, 0.29) is 45.2 Å². The lowest BCUT2D eigenvalue weighted by atomic mass is 9.81.